The third-order valence-corrected chi connectivity index (χ3v) is 1.15. The van der Waals surface area contributed by atoms with Gasteiger partial charge in [-0.15, -0.1) is 0 Å². The van der Waals surface area contributed by atoms with Crippen molar-refractivity contribution in [3.05, 3.63) is 0 Å². The van der Waals surface area contributed by atoms with E-state index in [9.17, 15) is 0 Å². The molecule has 9 heavy (non-hydrogen) atoms. The number of rotatable bonds is 3. The summed E-state index contributed by atoms with van der Waals surface area (Å²) in [4.78, 5) is 4.02. The summed E-state index contributed by atoms with van der Waals surface area (Å²) in [6, 6.07) is 0. The average Bonchev–Trinajstić information content (AvgIpc) is 2.34. The first kappa shape index (κ1) is 6.51. The van der Waals surface area contributed by atoms with Crippen molar-refractivity contribution in [1.82, 2.24) is 10.4 Å². The van der Waals surface area contributed by atoms with Gasteiger partial charge in [0, 0.05) is 13.1 Å². The smallest absolute Gasteiger partial charge is 0.0993 e. The molecule has 0 unspecified atom stereocenters. The van der Waals surface area contributed by atoms with E-state index in [4.69, 9.17) is 5.73 Å². The number of nitrogens with one attached hydrogen (secondary N) is 1. The van der Waals surface area contributed by atoms with Crippen molar-refractivity contribution in [1.29, 1.82) is 0 Å². The van der Waals surface area contributed by atoms with E-state index in [-0.39, 0.29) is 0 Å². The van der Waals surface area contributed by atoms with Gasteiger partial charge in [0.1, 0.15) is 0 Å². The van der Waals surface area contributed by atoms with Gasteiger partial charge in [0.05, 0.1) is 19.4 Å². The number of hydrogen-bond donors (Lipinski definition) is 2. The van der Waals surface area contributed by atoms with Crippen LogP contribution in [0.5, 0.6) is 0 Å². The molecule has 0 aromatic heterocycles. The Balaban J connectivity index is 2.05. The van der Waals surface area contributed by atoms with Gasteiger partial charge in [-0.25, -0.2) is 5.43 Å². The van der Waals surface area contributed by atoms with Crippen molar-refractivity contribution in [3.63, 3.8) is 0 Å². The minimum absolute atomic E-state index is 0.671. The lowest BCUT2D eigenvalue weighted by molar-refractivity contribution is 0.348. The highest BCUT2D eigenvalue weighted by atomic mass is 15.5. The molecule has 3 N–H and O–H groups in total. The lowest BCUT2D eigenvalue weighted by Gasteiger charge is -2.13. The molecule has 0 atom stereocenters. The molecule has 0 bridgehead atoms. The molecular formula is C5H12N4. The van der Waals surface area contributed by atoms with E-state index < -0.39 is 0 Å². The van der Waals surface area contributed by atoms with Crippen LogP contribution in [0, 0.1) is 0 Å². The molecule has 0 aromatic carbocycles. The van der Waals surface area contributed by atoms with Gasteiger partial charge in [-0.2, -0.15) is 0 Å². The van der Waals surface area contributed by atoms with E-state index in [0.29, 0.717) is 6.54 Å². The van der Waals surface area contributed by atoms with Crippen molar-refractivity contribution in [2.45, 2.75) is 0 Å². The Morgan fingerprint density at radius 2 is 2.67 bits per heavy atom. The molecule has 4 nitrogen and oxygen atoms in total. The summed E-state index contributed by atoms with van der Waals surface area (Å²) < 4.78 is 0. The Kier molecular flexibility index (Phi) is 2.48. The summed E-state index contributed by atoms with van der Waals surface area (Å²) in [5.41, 5.74) is 8.36. The summed E-state index contributed by atoms with van der Waals surface area (Å²) in [6.45, 7) is 3.37. The Labute approximate surface area is 54.7 Å². The van der Waals surface area contributed by atoms with Crippen LogP contribution in [0.2, 0.25) is 0 Å². The molecule has 1 rings (SSSR count). The molecule has 1 aliphatic heterocycles. The zero-order chi connectivity index (χ0) is 6.53. The maximum Gasteiger partial charge on any atom is 0.0993 e. The molecule has 1 aliphatic rings. The van der Waals surface area contributed by atoms with Gasteiger partial charge < -0.3 is 5.73 Å². The van der Waals surface area contributed by atoms with Crippen LogP contribution in [0.1, 0.15) is 0 Å². The van der Waals surface area contributed by atoms with Crippen LogP contribution in [0.25, 0.3) is 0 Å². The molecule has 52 valence electrons. The maximum atomic E-state index is 5.27. The van der Waals surface area contributed by atoms with Crippen LogP contribution in [0.4, 0.5) is 0 Å². The molecule has 4 heteroatoms. The average molecular weight is 128 g/mol. The Morgan fingerprint density at radius 1 is 1.78 bits per heavy atom. The zero-order valence-electron chi connectivity index (χ0n) is 5.38. The topological polar surface area (TPSA) is 53.6 Å². The van der Waals surface area contributed by atoms with Crippen molar-refractivity contribution >= 4 is 6.34 Å². The third-order valence-electron chi connectivity index (χ3n) is 1.15. The van der Waals surface area contributed by atoms with Crippen molar-refractivity contribution in [3.8, 4) is 0 Å². The van der Waals surface area contributed by atoms with Gasteiger partial charge in [0.25, 0.3) is 0 Å². The SMILES string of the molecule is NCCNN1C=NCC1. The van der Waals surface area contributed by atoms with E-state index in [1.165, 1.54) is 0 Å². The fourth-order valence-electron chi connectivity index (χ4n) is 0.708. The molecule has 0 aliphatic carbocycles. The minimum atomic E-state index is 0.671. The Morgan fingerprint density at radius 3 is 3.22 bits per heavy atom. The van der Waals surface area contributed by atoms with Crippen LogP contribution in [-0.4, -0.2) is 37.5 Å². The molecule has 0 saturated heterocycles. The van der Waals surface area contributed by atoms with E-state index in [0.717, 1.165) is 19.6 Å². The number of hydrogen-bond acceptors (Lipinski definition) is 4. The highest BCUT2D eigenvalue weighted by Gasteiger charge is 2.01. The summed E-state index contributed by atoms with van der Waals surface area (Å²) in [6.07, 6.45) is 1.80. The molecule has 0 saturated carbocycles. The second-order valence-corrected chi connectivity index (χ2v) is 1.91. The lowest BCUT2D eigenvalue weighted by Crippen LogP contribution is -2.38. The number of hydrazine groups is 1. The standard InChI is InChI=1S/C5H12N4/c6-1-2-8-9-4-3-7-5-9/h5,8H,1-4,6H2. The summed E-state index contributed by atoms with van der Waals surface area (Å²) in [7, 11) is 0. The van der Waals surface area contributed by atoms with Crippen molar-refractivity contribution < 1.29 is 0 Å². The van der Waals surface area contributed by atoms with Crippen LogP contribution < -0.4 is 11.2 Å². The molecule has 0 amide bonds. The van der Waals surface area contributed by atoms with Gasteiger partial charge in [-0.05, 0) is 0 Å². The first-order valence-corrected chi connectivity index (χ1v) is 3.13. The number of nitrogens with two attached hydrogens (primary N) is 1. The van der Waals surface area contributed by atoms with E-state index in [1.807, 2.05) is 5.01 Å². The normalized spacial score (nSPS) is 17.2. The van der Waals surface area contributed by atoms with Crippen molar-refractivity contribution in [2.24, 2.45) is 10.7 Å². The van der Waals surface area contributed by atoms with Crippen molar-refractivity contribution in [2.75, 3.05) is 26.2 Å². The molecular weight excluding hydrogens is 116 g/mol. The summed E-state index contributed by atoms with van der Waals surface area (Å²) >= 11 is 0. The van der Waals surface area contributed by atoms with Crippen LogP contribution >= 0.6 is 0 Å². The summed E-state index contributed by atoms with van der Waals surface area (Å²) in [5, 5.41) is 1.95. The molecule has 0 fully saturated rings. The van der Waals surface area contributed by atoms with Gasteiger partial charge in [-0.3, -0.25) is 10.0 Å². The Bertz CT molecular complexity index is 101. The Hall–Kier alpha value is -0.610. The second-order valence-electron chi connectivity index (χ2n) is 1.91. The van der Waals surface area contributed by atoms with Crippen LogP contribution in [0.15, 0.2) is 4.99 Å². The fraction of sp³-hybridized carbons (Fsp3) is 0.800. The molecule has 0 spiro atoms. The molecule has 0 aromatic rings. The monoisotopic (exact) mass is 128 g/mol. The third kappa shape index (κ3) is 1.99. The number of aliphatic imine (C=N–C) groups is 1. The quantitative estimate of drug-likeness (QED) is 0.501. The predicted molar refractivity (Wildman–Crippen MR) is 37.1 cm³/mol. The molecule has 0 radical (unpaired) electrons. The fourth-order valence-corrected chi connectivity index (χ4v) is 0.708. The van der Waals surface area contributed by atoms with E-state index in [1.54, 1.807) is 6.34 Å². The van der Waals surface area contributed by atoms with Gasteiger partial charge in [-0.1, -0.05) is 0 Å². The van der Waals surface area contributed by atoms with Crippen LogP contribution in [-0.2, 0) is 0 Å². The number of nitrogens with zero attached hydrogens (tertiary/aromatic N) is 2. The van der Waals surface area contributed by atoms with Gasteiger partial charge in [0.15, 0.2) is 0 Å². The van der Waals surface area contributed by atoms with Gasteiger partial charge in [0.2, 0.25) is 0 Å². The van der Waals surface area contributed by atoms with E-state index in [2.05, 4.69) is 10.4 Å². The highest BCUT2D eigenvalue weighted by molar-refractivity contribution is 5.56. The largest absolute Gasteiger partial charge is 0.329 e. The highest BCUT2D eigenvalue weighted by Crippen LogP contribution is 1.85. The second kappa shape index (κ2) is 3.42. The minimum Gasteiger partial charge on any atom is -0.329 e. The first-order valence-electron chi connectivity index (χ1n) is 3.13. The predicted octanol–water partition coefficient (Wildman–Crippen LogP) is -1.21. The van der Waals surface area contributed by atoms with Gasteiger partial charge >= 0.3 is 0 Å². The maximum absolute atomic E-state index is 5.27. The molecule has 1 heterocycles. The summed E-state index contributed by atoms with van der Waals surface area (Å²) in [5.74, 6) is 0. The zero-order valence-corrected chi connectivity index (χ0v) is 5.38. The van der Waals surface area contributed by atoms with Crippen LogP contribution in [0.3, 0.4) is 0 Å². The lowest BCUT2D eigenvalue weighted by atomic mass is 10.6. The van der Waals surface area contributed by atoms with E-state index >= 15 is 0 Å². The first-order chi connectivity index (χ1) is 4.43.